The van der Waals surface area contributed by atoms with Crippen LogP contribution >= 0.6 is 0 Å². The summed E-state index contributed by atoms with van der Waals surface area (Å²) in [6.07, 6.45) is 8.09. The van der Waals surface area contributed by atoms with E-state index in [2.05, 4.69) is 42.7 Å². The van der Waals surface area contributed by atoms with Crippen molar-refractivity contribution in [3.05, 3.63) is 30.3 Å². The lowest BCUT2D eigenvalue weighted by Gasteiger charge is -2.21. The molecule has 0 radical (unpaired) electrons. The van der Waals surface area contributed by atoms with Crippen molar-refractivity contribution in [2.45, 2.75) is 59.3 Å². The summed E-state index contributed by atoms with van der Waals surface area (Å²) in [6, 6.07) is 10.3. The van der Waals surface area contributed by atoms with Gasteiger partial charge in [0.25, 0.3) is 0 Å². The smallest absolute Gasteiger partial charge is 0.0360 e. The molecule has 0 N–H and O–H groups in total. The average Bonchev–Trinajstić information content (AvgIpc) is 2.55. The molecule has 0 unspecified atom stereocenters. The Balaban J connectivity index is 0.000000425. The molecule has 0 fully saturated rings. The number of anilines is 1. The second-order valence-corrected chi connectivity index (χ2v) is 6.13. The number of rotatable bonds is 10. The van der Waals surface area contributed by atoms with Crippen LogP contribution in [0.25, 0.3) is 0 Å². The Bertz CT molecular complexity index is 303. The molecule has 1 rings (SSSR count). The van der Waals surface area contributed by atoms with Crippen LogP contribution in [-0.4, -0.2) is 38.6 Å². The predicted octanol–water partition coefficient (Wildman–Crippen LogP) is 5.44. The number of para-hydroxylation sites is 1. The van der Waals surface area contributed by atoms with Crippen molar-refractivity contribution in [2.24, 2.45) is 0 Å². The van der Waals surface area contributed by atoms with Gasteiger partial charge >= 0.3 is 0 Å². The lowest BCUT2D eigenvalue weighted by Crippen LogP contribution is -2.27. The van der Waals surface area contributed by atoms with Gasteiger partial charge in [0.05, 0.1) is 0 Å². The molecule has 0 heterocycles. The minimum atomic E-state index is 1.25. The number of nitrogens with zero attached hydrogens (tertiary/aromatic N) is 2. The van der Waals surface area contributed by atoms with E-state index in [1.807, 2.05) is 32.3 Å². The Morgan fingerprint density at radius 1 is 0.682 bits per heavy atom. The number of unbranched alkanes of at least 4 members (excludes halogenated alkanes) is 3. The topological polar surface area (TPSA) is 6.48 Å². The monoisotopic (exact) mass is 306 g/mol. The molecule has 2 heteroatoms. The first-order valence-corrected chi connectivity index (χ1v) is 9.10. The van der Waals surface area contributed by atoms with E-state index in [0.29, 0.717) is 0 Å². The first-order chi connectivity index (χ1) is 10.7. The highest BCUT2D eigenvalue weighted by atomic mass is 15.1. The van der Waals surface area contributed by atoms with Gasteiger partial charge in [-0.15, -0.1) is 0 Å². The molecule has 0 aliphatic heterocycles. The van der Waals surface area contributed by atoms with Crippen LogP contribution in [0.3, 0.4) is 0 Å². The van der Waals surface area contributed by atoms with Gasteiger partial charge in [-0.2, -0.15) is 0 Å². The minimum Gasteiger partial charge on any atom is -0.378 e. The highest BCUT2D eigenvalue weighted by Gasteiger charge is 2.01. The molecule has 0 bridgehead atoms. The van der Waals surface area contributed by atoms with Crippen molar-refractivity contribution < 1.29 is 0 Å². The van der Waals surface area contributed by atoms with Gasteiger partial charge in [0.1, 0.15) is 0 Å². The van der Waals surface area contributed by atoms with Crippen LogP contribution in [0.5, 0.6) is 0 Å². The molecule has 1 aromatic rings. The van der Waals surface area contributed by atoms with Gasteiger partial charge in [0.2, 0.25) is 0 Å². The van der Waals surface area contributed by atoms with Gasteiger partial charge < -0.3 is 9.80 Å². The van der Waals surface area contributed by atoms with Crippen LogP contribution in [0.1, 0.15) is 59.3 Å². The maximum absolute atomic E-state index is 2.64. The van der Waals surface area contributed by atoms with Gasteiger partial charge in [-0.3, -0.25) is 0 Å². The lowest BCUT2D eigenvalue weighted by molar-refractivity contribution is 0.261. The summed E-state index contributed by atoms with van der Waals surface area (Å²) in [5, 5.41) is 0. The SMILES string of the molecule is CCCCN(CCCC)CCCC.CN(C)c1ccccc1. The second-order valence-electron chi connectivity index (χ2n) is 6.13. The summed E-state index contributed by atoms with van der Waals surface area (Å²) < 4.78 is 0. The van der Waals surface area contributed by atoms with E-state index in [1.54, 1.807) is 0 Å². The fraction of sp³-hybridized carbons (Fsp3) is 0.700. The summed E-state index contributed by atoms with van der Waals surface area (Å²) in [5.74, 6) is 0. The van der Waals surface area contributed by atoms with Gasteiger partial charge in [-0.25, -0.2) is 0 Å². The summed E-state index contributed by atoms with van der Waals surface area (Å²) in [4.78, 5) is 4.72. The molecule has 0 spiro atoms. The molecule has 0 amide bonds. The van der Waals surface area contributed by atoms with E-state index in [0.717, 1.165) is 0 Å². The molecule has 1 aromatic carbocycles. The third-order valence-corrected chi connectivity index (χ3v) is 3.76. The van der Waals surface area contributed by atoms with E-state index in [4.69, 9.17) is 0 Å². The third-order valence-electron chi connectivity index (χ3n) is 3.76. The van der Waals surface area contributed by atoms with Crippen LogP contribution in [-0.2, 0) is 0 Å². The molecule has 0 atom stereocenters. The number of hydrogen-bond donors (Lipinski definition) is 0. The van der Waals surface area contributed by atoms with Crippen LogP contribution in [0, 0.1) is 0 Å². The molecular formula is C20H38N2. The van der Waals surface area contributed by atoms with Crippen molar-refractivity contribution in [1.29, 1.82) is 0 Å². The summed E-state index contributed by atoms with van der Waals surface area (Å²) >= 11 is 0. The van der Waals surface area contributed by atoms with Crippen molar-refractivity contribution >= 4 is 5.69 Å². The highest BCUT2D eigenvalue weighted by molar-refractivity contribution is 5.43. The molecule has 128 valence electrons. The molecule has 0 saturated heterocycles. The maximum Gasteiger partial charge on any atom is 0.0360 e. The molecule has 0 aliphatic rings. The normalized spacial score (nSPS) is 10.3. The zero-order chi connectivity index (χ0) is 16.6. The van der Waals surface area contributed by atoms with Gasteiger partial charge in [-0.1, -0.05) is 58.2 Å². The summed E-state index contributed by atoms with van der Waals surface area (Å²) in [6.45, 7) is 10.8. The van der Waals surface area contributed by atoms with Crippen molar-refractivity contribution in [2.75, 3.05) is 38.6 Å². The van der Waals surface area contributed by atoms with Crippen LogP contribution < -0.4 is 4.90 Å². The maximum atomic E-state index is 2.64. The zero-order valence-electron chi connectivity index (χ0n) is 15.6. The Hall–Kier alpha value is -1.02. The molecule has 0 aliphatic carbocycles. The standard InChI is InChI=1S/C12H27N.C8H11N/c1-4-7-10-13(11-8-5-2)12-9-6-3;1-9(2)8-6-4-3-5-7-8/h4-12H2,1-3H3;3-7H,1-2H3. The van der Waals surface area contributed by atoms with Crippen molar-refractivity contribution in [3.63, 3.8) is 0 Å². The quantitative estimate of drug-likeness (QED) is 0.568. The average molecular weight is 307 g/mol. The highest BCUT2D eigenvalue weighted by Crippen LogP contribution is 2.07. The van der Waals surface area contributed by atoms with E-state index in [-0.39, 0.29) is 0 Å². The van der Waals surface area contributed by atoms with Gasteiger partial charge in [0.15, 0.2) is 0 Å². The van der Waals surface area contributed by atoms with E-state index in [9.17, 15) is 0 Å². The van der Waals surface area contributed by atoms with E-state index >= 15 is 0 Å². The predicted molar refractivity (Wildman–Crippen MR) is 102 cm³/mol. The lowest BCUT2D eigenvalue weighted by atomic mass is 10.2. The van der Waals surface area contributed by atoms with E-state index < -0.39 is 0 Å². The molecular weight excluding hydrogens is 268 g/mol. The molecule has 0 saturated carbocycles. The Morgan fingerprint density at radius 2 is 1.09 bits per heavy atom. The van der Waals surface area contributed by atoms with Crippen LogP contribution in [0.4, 0.5) is 5.69 Å². The Morgan fingerprint density at radius 3 is 1.36 bits per heavy atom. The summed E-state index contributed by atoms with van der Waals surface area (Å²) in [5.41, 5.74) is 1.25. The van der Waals surface area contributed by atoms with E-state index in [1.165, 1.54) is 63.8 Å². The molecule has 22 heavy (non-hydrogen) atoms. The zero-order valence-corrected chi connectivity index (χ0v) is 15.6. The van der Waals surface area contributed by atoms with Gasteiger partial charge in [-0.05, 0) is 51.0 Å². The Kier molecular flexibility index (Phi) is 14.2. The molecule has 2 nitrogen and oxygen atoms in total. The van der Waals surface area contributed by atoms with Gasteiger partial charge in [0, 0.05) is 19.8 Å². The Labute approximate surface area is 139 Å². The first-order valence-electron chi connectivity index (χ1n) is 9.10. The largest absolute Gasteiger partial charge is 0.378 e. The first kappa shape index (κ1) is 21.0. The van der Waals surface area contributed by atoms with Crippen molar-refractivity contribution in [1.82, 2.24) is 4.90 Å². The summed E-state index contributed by atoms with van der Waals surface area (Å²) in [7, 11) is 4.07. The molecule has 0 aromatic heterocycles. The fourth-order valence-electron chi connectivity index (χ4n) is 2.21. The third kappa shape index (κ3) is 11.6. The minimum absolute atomic E-state index is 1.25. The van der Waals surface area contributed by atoms with Crippen LogP contribution in [0.2, 0.25) is 0 Å². The van der Waals surface area contributed by atoms with Crippen LogP contribution in [0.15, 0.2) is 30.3 Å². The number of benzene rings is 1. The second kappa shape index (κ2) is 14.9. The fourth-order valence-corrected chi connectivity index (χ4v) is 2.21. The van der Waals surface area contributed by atoms with Crippen molar-refractivity contribution in [3.8, 4) is 0 Å². The number of hydrogen-bond acceptors (Lipinski definition) is 2.